The van der Waals surface area contributed by atoms with Crippen LogP contribution in [0.5, 0.6) is 0 Å². The Bertz CT molecular complexity index is 646. The molecule has 2 unspecified atom stereocenters. The molecule has 0 spiro atoms. The van der Waals surface area contributed by atoms with E-state index in [1.54, 1.807) is 7.11 Å². The van der Waals surface area contributed by atoms with Gasteiger partial charge in [0, 0.05) is 25.2 Å². The maximum absolute atomic E-state index is 6.31. The minimum absolute atomic E-state index is 0.296. The zero-order valence-electron chi connectivity index (χ0n) is 17.1. The van der Waals surface area contributed by atoms with E-state index in [1.165, 1.54) is 49.3 Å². The first kappa shape index (κ1) is 20.9. The summed E-state index contributed by atoms with van der Waals surface area (Å²) in [5.41, 5.74) is 1.15. The molecule has 0 bridgehead atoms. The van der Waals surface area contributed by atoms with E-state index >= 15 is 0 Å². The van der Waals surface area contributed by atoms with Crippen molar-refractivity contribution in [3.8, 4) is 0 Å². The quantitative estimate of drug-likeness (QED) is 0.299. The van der Waals surface area contributed by atoms with Crippen LogP contribution in [-0.4, -0.2) is 13.7 Å². The molecule has 0 aliphatic carbocycles. The normalized spacial score (nSPS) is 15.1. The molecule has 0 aliphatic heterocycles. The fourth-order valence-corrected chi connectivity index (χ4v) is 4.02. The molecule has 2 nitrogen and oxygen atoms in total. The minimum Gasteiger partial charge on any atom is -0.349 e. The van der Waals surface area contributed by atoms with E-state index in [0.29, 0.717) is 12.5 Å². The summed E-state index contributed by atoms with van der Waals surface area (Å²) < 4.78 is 12.4. The molecule has 0 fully saturated rings. The van der Waals surface area contributed by atoms with Gasteiger partial charge < -0.3 is 9.47 Å². The number of ether oxygens (including phenoxy) is 2. The first-order valence-electron chi connectivity index (χ1n) is 10.4. The average molecular weight is 357 g/mol. The Morgan fingerprint density at radius 2 is 1.58 bits per heavy atom. The summed E-state index contributed by atoms with van der Waals surface area (Å²) in [7, 11) is 1.79. The molecular formula is C24H36O2. The molecule has 0 aromatic heterocycles. The summed E-state index contributed by atoms with van der Waals surface area (Å²) in [4.78, 5) is 0. The third-order valence-electron chi connectivity index (χ3n) is 5.47. The molecule has 2 aromatic rings. The largest absolute Gasteiger partial charge is 0.349 e. The molecule has 2 atom stereocenters. The van der Waals surface area contributed by atoms with Gasteiger partial charge in [0.2, 0.25) is 0 Å². The van der Waals surface area contributed by atoms with E-state index in [0.717, 1.165) is 12.0 Å². The van der Waals surface area contributed by atoms with E-state index in [2.05, 4.69) is 63.2 Å². The maximum Gasteiger partial charge on any atom is 0.197 e. The smallest absolute Gasteiger partial charge is 0.197 e. The fourth-order valence-electron chi connectivity index (χ4n) is 4.02. The van der Waals surface area contributed by atoms with Crippen molar-refractivity contribution in [3.05, 3.63) is 48.0 Å². The van der Waals surface area contributed by atoms with Gasteiger partial charge >= 0.3 is 0 Å². The molecule has 0 aliphatic rings. The molecule has 0 heterocycles. The molecule has 0 saturated carbocycles. The maximum atomic E-state index is 6.31. The molecule has 0 radical (unpaired) electrons. The molecule has 0 saturated heterocycles. The fraction of sp³-hybridized carbons (Fsp3) is 0.583. The Morgan fingerprint density at radius 3 is 2.31 bits per heavy atom. The second-order valence-electron chi connectivity index (χ2n) is 7.29. The Kier molecular flexibility index (Phi) is 8.61. The summed E-state index contributed by atoms with van der Waals surface area (Å²) in [6.07, 6.45) is 8.99. The highest BCUT2D eigenvalue weighted by atomic mass is 16.7. The molecule has 144 valence electrons. The van der Waals surface area contributed by atoms with Crippen LogP contribution >= 0.6 is 0 Å². The summed E-state index contributed by atoms with van der Waals surface area (Å²) in [5, 5.41) is 2.46. The molecule has 2 heteroatoms. The van der Waals surface area contributed by atoms with Crippen molar-refractivity contribution in [1.82, 2.24) is 0 Å². The highest BCUT2D eigenvalue weighted by molar-refractivity contribution is 5.86. The lowest BCUT2D eigenvalue weighted by Gasteiger charge is -2.38. The van der Waals surface area contributed by atoms with E-state index in [4.69, 9.17) is 9.47 Å². The van der Waals surface area contributed by atoms with Gasteiger partial charge in [0.05, 0.1) is 0 Å². The van der Waals surface area contributed by atoms with Crippen molar-refractivity contribution in [2.24, 2.45) is 5.92 Å². The van der Waals surface area contributed by atoms with Crippen LogP contribution in [0.25, 0.3) is 10.8 Å². The highest BCUT2D eigenvalue weighted by Gasteiger charge is 2.40. The van der Waals surface area contributed by atoms with E-state index < -0.39 is 5.79 Å². The average Bonchev–Trinajstić information content (AvgIpc) is 2.68. The second-order valence-corrected chi connectivity index (χ2v) is 7.29. The summed E-state index contributed by atoms with van der Waals surface area (Å²) >= 11 is 0. The van der Waals surface area contributed by atoms with Crippen LogP contribution in [0.15, 0.2) is 42.5 Å². The van der Waals surface area contributed by atoms with Crippen LogP contribution in [0.3, 0.4) is 0 Å². The van der Waals surface area contributed by atoms with Crippen molar-refractivity contribution in [2.45, 2.75) is 71.5 Å². The summed E-state index contributed by atoms with van der Waals surface area (Å²) in [6.45, 7) is 7.22. The second kappa shape index (κ2) is 10.7. The van der Waals surface area contributed by atoms with Gasteiger partial charge in [0.25, 0.3) is 0 Å². The molecule has 2 rings (SSSR count). The number of hydrogen-bond donors (Lipinski definition) is 0. The number of methoxy groups -OCH3 is 1. The zero-order chi connectivity index (χ0) is 18.8. The van der Waals surface area contributed by atoms with Crippen LogP contribution in [0.4, 0.5) is 0 Å². The van der Waals surface area contributed by atoms with Crippen LogP contribution in [0.2, 0.25) is 0 Å². The van der Waals surface area contributed by atoms with Gasteiger partial charge in [-0.15, -0.1) is 0 Å². The highest BCUT2D eigenvalue weighted by Crippen LogP contribution is 2.40. The summed E-state index contributed by atoms with van der Waals surface area (Å²) in [5.74, 6) is -0.386. The topological polar surface area (TPSA) is 18.5 Å². The Morgan fingerprint density at radius 1 is 0.885 bits per heavy atom. The number of benzene rings is 2. The van der Waals surface area contributed by atoms with Crippen molar-refractivity contribution in [1.29, 1.82) is 0 Å². The SMILES string of the molecule is CCCCCCCCC(C)C(OC)(OCC)c1cccc2ccccc12. The van der Waals surface area contributed by atoms with Gasteiger partial charge in [-0.3, -0.25) is 0 Å². The van der Waals surface area contributed by atoms with Crippen LogP contribution in [0, 0.1) is 5.92 Å². The molecule has 2 aromatic carbocycles. The van der Waals surface area contributed by atoms with Crippen LogP contribution < -0.4 is 0 Å². The number of rotatable bonds is 12. The lowest BCUT2D eigenvalue weighted by atomic mass is 9.85. The Labute approximate surface area is 159 Å². The molecule has 26 heavy (non-hydrogen) atoms. The molecular weight excluding hydrogens is 320 g/mol. The van der Waals surface area contributed by atoms with Gasteiger partial charge in [0.1, 0.15) is 0 Å². The third kappa shape index (κ3) is 4.86. The van der Waals surface area contributed by atoms with Crippen LogP contribution in [-0.2, 0) is 15.3 Å². The summed E-state index contributed by atoms with van der Waals surface area (Å²) in [6, 6.07) is 14.9. The van der Waals surface area contributed by atoms with Gasteiger partial charge in [-0.05, 0) is 24.1 Å². The molecule has 0 N–H and O–H groups in total. The third-order valence-corrected chi connectivity index (χ3v) is 5.47. The predicted octanol–water partition coefficient (Wildman–Crippen LogP) is 7.06. The van der Waals surface area contributed by atoms with Crippen molar-refractivity contribution in [2.75, 3.05) is 13.7 Å². The zero-order valence-corrected chi connectivity index (χ0v) is 17.1. The number of unbranched alkanes of at least 4 members (excludes halogenated alkanes) is 5. The standard InChI is InChI=1S/C24H36O2/c1-5-7-8-9-10-11-15-20(3)24(25-4,26-6-2)23-19-14-17-21-16-12-13-18-22(21)23/h12-14,16-20H,5-11,15H2,1-4H3. The predicted molar refractivity (Wildman–Crippen MR) is 111 cm³/mol. The van der Waals surface area contributed by atoms with Gasteiger partial charge in [-0.25, -0.2) is 0 Å². The minimum atomic E-state index is -0.682. The van der Waals surface area contributed by atoms with E-state index in [9.17, 15) is 0 Å². The number of fused-ring (bicyclic) bond motifs is 1. The Balaban J connectivity index is 2.21. The first-order valence-corrected chi connectivity index (χ1v) is 10.4. The van der Waals surface area contributed by atoms with Crippen molar-refractivity contribution >= 4 is 10.8 Å². The first-order chi connectivity index (χ1) is 12.7. The van der Waals surface area contributed by atoms with Crippen molar-refractivity contribution in [3.63, 3.8) is 0 Å². The van der Waals surface area contributed by atoms with Gasteiger partial charge in [-0.1, -0.05) is 94.8 Å². The van der Waals surface area contributed by atoms with Crippen molar-refractivity contribution < 1.29 is 9.47 Å². The van der Waals surface area contributed by atoms with E-state index in [-0.39, 0.29) is 0 Å². The molecule has 0 amide bonds. The van der Waals surface area contributed by atoms with Gasteiger partial charge in [0.15, 0.2) is 5.79 Å². The van der Waals surface area contributed by atoms with E-state index in [1.807, 2.05) is 0 Å². The lowest BCUT2D eigenvalue weighted by molar-refractivity contribution is -0.259. The lowest BCUT2D eigenvalue weighted by Crippen LogP contribution is -2.39. The van der Waals surface area contributed by atoms with Crippen LogP contribution in [0.1, 0.15) is 71.3 Å². The number of hydrogen-bond acceptors (Lipinski definition) is 2. The Hall–Kier alpha value is -1.38. The monoisotopic (exact) mass is 356 g/mol. The van der Waals surface area contributed by atoms with Gasteiger partial charge in [-0.2, -0.15) is 0 Å².